The Labute approximate surface area is 95.2 Å². The molecule has 92 valence electrons. The Kier molecular flexibility index (Phi) is 3.26. The smallest absolute Gasteiger partial charge is 0.248 e. The minimum Gasteiger partial charge on any atom is -0.340 e. The van der Waals surface area contributed by atoms with Gasteiger partial charge in [-0.05, 0) is 34.1 Å². The van der Waals surface area contributed by atoms with Gasteiger partial charge in [-0.15, -0.1) is 0 Å². The summed E-state index contributed by atoms with van der Waals surface area (Å²) >= 11 is 0. The molecule has 5 heteroatoms. The van der Waals surface area contributed by atoms with E-state index in [0.717, 1.165) is 0 Å². The zero-order valence-corrected chi connectivity index (χ0v) is 10.3. The molecule has 0 aliphatic carbocycles. The highest BCUT2D eigenvalue weighted by Crippen LogP contribution is 2.25. The molecule has 4 nitrogen and oxygen atoms in total. The first-order valence-corrected chi connectivity index (χ1v) is 5.44. The van der Waals surface area contributed by atoms with Crippen molar-refractivity contribution in [3.05, 3.63) is 0 Å². The number of hydrogen-bond acceptors (Lipinski definition) is 2. The molecule has 1 aliphatic heterocycles. The number of rotatable bonds is 3. The Hall–Kier alpha value is -1.13. The van der Waals surface area contributed by atoms with E-state index in [-0.39, 0.29) is 24.8 Å². The maximum Gasteiger partial charge on any atom is 0.248 e. The van der Waals surface area contributed by atoms with Crippen LogP contribution in [0.25, 0.3) is 0 Å². The highest BCUT2D eigenvalue weighted by atomic mass is 19.1. The molecule has 16 heavy (non-hydrogen) atoms. The van der Waals surface area contributed by atoms with Gasteiger partial charge >= 0.3 is 0 Å². The van der Waals surface area contributed by atoms with Gasteiger partial charge in [0.25, 0.3) is 0 Å². The molecule has 0 bridgehead atoms. The monoisotopic (exact) mass is 230 g/mol. The third kappa shape index (κ3) is 2.03. The van der Waals surface area contributed by atoms with Gasteiger partial charge in [-0.1, -0.05) is 0 Å². The molecular weight excluding hydrogens is 211 g/mol. The molecular formula is C11H19FN2O2. The number of halogens is 1. The lowest BCUT2D eigenvalue weighted by Gasteiger charge is -2.47. The zero-order valence-electron chi connectivity index (χ0n) is 10.3. The Morgan fingerprint density at radius 2 is 1.81 bits per heavy atom. The molecule has 0 spiro atoms. The lowest BCUT2D eigenvalue weighted by Crippen LogP contribution is -2.72. The first kappa shape index (κ1) is 12.9. The summed E-state index contributed by atoms with van der Waals surface area (Å²) < 4.78 is 12.2. The van der Waals surface area contributed by atoms with Crippen molar-refractivity contribution in [3.8, 4) is 0 Å². The van der Waals surface area contributed by atoms with Crippen LogP contribution in [0, 0.1) is 0 Å². The maximum absolute atomic E-state index is 12.2. The molecule has 1 heterocycles. The highest BCUT2D eigenvalue weighted by Gasteiger charge is 2.49. The minimum absolute atomic E-state index is 0.162. The van der Waals surface area contributed by atoms with E-state index >= 15 is 0 Å². The third-order valence-corrected chi connectivity index (χ3v) is 2.95. The van der Waals surface area contributed by atoms with Gasteiger partial charge in [0.1, 0.15) is 11.1 Å². The number of nitrogens with zero attached hydrogens (tertiary/aromatic N) is 1. The number of amides is 2. The Morgan fingerprint density at radius 3 is 2.31 bits per heavy atom. The molecule has 2 amide bonds. The fraction of sp³-hybridized carbons (Fsp3) is 0.818. The molecule has 0 aromatic carbocycles. The molecule has 1 fully saturated rings. The molecule has 0 radical (unpaired) electrons. The van der Waals surface area contributed by atoms with E-state index in [2.05, 4.69) is 5.32 Å². The van der Waals surface area contributed by atoms with E-state index in [1.807, 2.05) is 0 Å². The Morgan fingerprint density at radius 1 is 1.25 bits per heavy atom. The van der Waals surface area contributed by atoms with Crippen LogP contribution in [0.15, 0.2) is 0 Å². The summed E-state index contributed by atoms with van der Waals surface area (Å²) in [5.74, 6) is -0.360. The second-order valence-corrected chi connectivity index (χ2v) is 5.14. The van der Waals surface area contributed by atoms with Gasteiger partial charge in [0.05, 0.1) is 6.67 Å². The van der Waals surface area contributed by atoms with Crippen molar-refractivity contribution in [2.75, 3.05) is 13.2 Å². The predicted octanol–water partition coefficient (Wildman–Crippen LogP) is 0.862. The van der Waals surface area contributed by atoms with Crippen molar-refractivity contribution in [1.29, 1.82) is 0 Å². The van der Waals surface area contributed by atoms with E-state index in [9.17, 15) is 14.0 Å². The number of carbonyl (C=O) groups excluding carboxylic acids is 2. The van der Waals surface area contributed by atoms with Crippen LogP contribution in [-0.2, 0) is 9.59 Å². The number of alkyl halides is 1. The van der Waals surface area contributed by atoms with Crippen LogP contribution in [0.2, 0.25) is 0 Å². The number of hydrogen-bond donors (Lipinski definition) is 1. The van der Waals surface area contributed by atoms with Gasteiger partial charge in [0.2, 0.25) is 11.8 Å². The van der Waals surface area contributed by atoms with Crippen LogP contribution in [0.5, 0.6) is 0 Å². The third-order valence-electron chi connectivity index (χ3n) is 2.95. The van der Waals surface area contributed by atoms with Gasteiger partial charge < -0.3 is 10.2 Å². The maximum atomic E-state index is 12.2. The second-order valence-electron chi connectivity index (χ2n) is 5.14. The van der Waals surface area contributed by atoms with E-state index in [1.54, 1.807) is 27.7 Å². The topological polar surface area (TPSA) is 49.4 Å². The van der Waals surface area contributed by atoms with E-state index < -0.39 is 17.8 Å². The van der Waals surface area contributed by atoms with Crippen molar-refractivity contribution < 1.29 is 14.0 Å². The first-order valence-electron chi connectivity index (χ1n) is 5.44. The number of piperazine rings is 1. The van der Waals surface area contributed by atoms with Gasteiger partial charge in [0.15, 0.2) is 0 Å². The Bertz CT molecular complexity index is 313. The molecule has 1 rings (SSSR count). The molecule has 0 atom stereocenters. The van der Waals surface area contributed by atoms with Gasteiger partial charge in [-0.2, -0.15) is 0 Å². The average molecular weight is 230 g/mol. The fourth-order valence-corrected chi connectivity index (χ4v) is 1.80. The molecule has 0 unspecified atom stereocenters. The van der Waals surface area contributed by atoms with Gasteiger partial charge in [-0.3, -0.25) is 14.0 Å². The predicted molar refractivity (Wildman–Crippen MR) is 58.6 cm³/mol. The summed E-state index contributed by atoms with van der Waals surface area (Å²) in [4.78, 5) is 25.4. The van der Waals surface area contributed by atoms with Crippen LogP contribution >= 0.6 is 0 Å². The molecule has 0 saturated carbocycles. The van der Waals surface area contributed by atoms with Crippen molar-refractivity contribution in [3.63, 3.8) is 0 Å². The molecule has 1 aliphatic rings. The minimum atomic E-state index is -0.901. The van der Waals surface area contributed by atoms with E-state index in [1.165, 1.54) is 4.90 Å². The van der Waals surface area contributed by atoms with Crippen LogP contribution in [0.4, 0.5) is 4.39 Å². The molecule has 1 N–H and O–H groups in total. The lowest BCUT2D eigenvalue weighted by atomic mass is 9.89. The molecule has 1 saturated heterocycles. The summed E-state index contributed by atoms with van der Waals surface area (Å²) in [7, 11) is 0. The van der Waals surface area contributed by atoms with Crippen LogP contribution in [-0.4, -0.2) is 41.0 Å². The lowest BCUT2D eigenvalue weighted by molar-refractivity contribution is -0.159. The summed E-state index contributed by atoms with van der Waals surface area (Å²) in [6, 6.07) is 0. The van der Waals surface area contributed by atoms with Crippen LogP contribution in [0.3, 0.4) is 0 Å². The van der Waals surface area contributed by atoms with Gasteiger partial charge in [0, 0.05) is 6.54 Å². The normalized spacial score (nSPS) is 23.2. The fourth-order valence-electron chi connectivity index (χ4n) is 1.80. The summed E-state index contributed by atoms with van der Waals surface area (Å²) in [5.41, 5.74) is -1.80. The van der Waals surface area contributed by atoms with E-state index in [4.69, 9.17) is 0 Å². The summed E-state index contributed by atoms with van der Waals surface area (Å²) in [6.45, 7) is 6.46. The van der Waals surface area contributed by atoms with Crippen LogP contribution in [0.1, 0.15) is 34.1 Å². The SMILES string of the molecule is CC1(C)NC(=O)C(C)(C)N(CCCF)C1=O. The number of carbonyl (C=O) groups is 2. The zero-order chi connectivity index (χ0) is 12.6. The Balaban J connectivity index is 2.97. The van der Waals surface area contributed by atoms with Crippen molar-refractivity contribution in [2.45, 2.75) is 45.2 Å². The highest BCUT2D eigenvalue weighted by molar-refractivity contribution is 6.01. The van der Waals surface area contributed by atoms with Crippen molar-refractivity contribution in [2.24, 2.45) is 0 Å². The first-order chi connectivity index (χ1) is 7.23. The second kappa shape index (κ2) is 4.03. The van der Waals surface area contributed by atoms with Crippen molar-refractivity contribution in [1.82, 2.24) is 10.2 Å². The van der Waals surface area contributed by atoms with E-state index in [0.29, 0.717) is 0 Å². The molecule has 0 aromatic heterocycles. The van der Waals surface area contributed by atoms with Crippen molar-refractivity contribution >= 4 is 11.8 Å². The largest absolute Gasteiger partial charge is 0.340 e. The standard InChI is InChI=1S/C11H19FN2O2/c1-10(2)9(16)14(7-5-6-12)11(3,4)8(15)13-10/h5-7H2,1-4H3,(H,13,15). The summed E-state index contributed by atoms with van der Waals surface area (Å²) in [5, 5.41) is 2.68. The van der Waals surface area contributed by atoms with Gasteiger partial charge in [-0.25, -0.2) is 0 Å². The molecule has 0 aromatic rings. The number of nitrogens with one attached hydrogen (secondary N) is 1. The summed E-state index contributed by atoms with van der Waals surface area (Å²) in [6.07, 6.45) is 0.262. The average Bonchev–Trinajstić information content (AvgIpc) is 2.15. The van der Waals surface area contributed by atoms with Crippen LogP contribution < -0.4 is 5.32 Å². The quantitative estimate of drug-likeness (QED) is 0.781.